The highest BCUT2D eigenvalue weighted by molar-refractivity contribution is 5.71. The highest BCUT2D eigenvalue weighted by Gasteiger charge is 2.19. The monoisotopic (exact) mass is 889 g/mol. The Bertz CT molecular complexity index is 1300. The second-order valence-corrected chi connectivity index (χ2v) is 17.1. The highest BCUT2D eigenvalue weighted by Crippen LogP contribution is 2.13. The number of hydrogen-bond acceptors (Lipinski definition) is 6. The van der Waals surface area contributed by atoms with Crippen molar-refractivity contribution in [2.45, 2.75) is 239 Å². The summed E-state index contributed by atoms with van der Waals surface area (Å²) < 4.78 is 16.7. The van der Waals surface area contributed by atoms with Crippen molar-refractivity contribution in [3.63, 3.8) is 0 Å². The molecule has 6 heteroatoms. The molecular weight excluding hydrogens is 793 g/mol. The zero-order valence-electron chi connectivity index (χ0n) is 41.5. The van der Waals surface area contributed by atoms with Gasteiger partial charge in [0.1, 0.15) is 13.2 Å². The van der Waals surface area contributed by atoms with Gasteiger partial charge in [0.15, 0.2) is 6.10 Å². The maximum Gasteiger partial charge on any atom is 0.306 e. The van der Waals surface area contributed by atoms with E-state index in [1.54, 1.807) is 0 Å². The summed E-state index contributed by atoms with van der Waals surface area (Å²) >= 11 is 0. The zero-order valence-corrected chi connectivity index (χ0v) is 41.5. The molecular formula is C58H96O6. The van der Waals surface area contributed by atoms with Crippen LogP contribution in [0.15, 0.2) is 97.2 Å². The number of carbonyl (C=O) groups is 3. The van der Waals surface area contributed by atoms with Crippen molar-refractivity contribution in [2.24, 2.45) is 0 Å². The molecule has 0 saturated heterocycles. The van der Waals surface area contributed by atoms with Gasteiger partial charge in [-0.1, -0.05) is 208 Å². The number of carbonyl (C=O) groups excluding carboxylic acids is 3. The third-order valence-corrected chi connectivity index (χ3v) is 10.8. The van der Waals surface area contributed by atoms with E-state index >= 15 is 0 Å². The number of ether oxygens (including phenoxy) is 3. The van der Waals surface area contributed by atoms with Gasteiger partial charge in [0, 0.05) is 19.3 Å². The standard InChI is InChI=1S/C58H96O6/c1-4-7-10-13-16-19-22-24-26-28-30-31-33-36-39-42-45-48-51-57(60)63-54-55(53-62-56(59)50-47-44-41-38-35-21-18-15-12-9-6-3)64-58(61)52-49-46-43-40-37-34-32-29-27-25-23-20-17-14-11-8-5-2/h8,11,15,17-18,20,25-28,30-32,34,40,43,55H,4-7,9-10,12-14,16,19,21-24,29,33,35-39,41-42,44-54H2,1-3H3/b11-8-,18-15-,20-17-,27-25-,28-26-,31-30-,34-32-,43-40-. The SMILES string of the molecule is CC/C=C\C/C=C\C/C=C\C/C=C\C/C=C\CCCC(=O)OC(COC(=O)CCCCCCC/C=C\C=C/CCCCCCCCC)COC(=O)CCCCCCC/C=C\CCCC. The predicted octanol–water partition coefficient (Wildman–Crippen LogP) is 17.4. The maximum atomic E-state index is 12.8. The molecule has 0 aliphatic carbocycles. The molecule has 0 aliphatic rings. The van der Waals surface area contributed by atoms with E-state index in [1.165, 1.54) is 77.0 Å². The van der Waals surface area contributed by atoms with Crippen molar-refractivity contribution in [3.05, 3.63) is 97.2 Å². The summed E-state index contributed by atoms with van der Waals surface area (Å²) in [6.07, 6.45) is 68.3. The Labute approximate surface area is 394 Å². The number of allylic oxidation sites excluding steroid dienone is 16. The van der Waals surface area contributed by atoms with Gasteiger partial charge in [-0.2, -0.15) is 0 Å². The summed E-state index contributed by atoms with van der Waals surface area (Å²) in [4.78, 5) is 37.9. The van der Waals surface area contributed by atoms with Crippen LogP contribution in [0.3, 0.4) is 0 Å². The van der Waals surface area contributed by atoms with Crippen LogP contribution in [0.25, 0.3) is 0 Å². The lowest BCUT2D eigenvalue weighted by atomic mass is 10.1. The first-order valence-corrected chi connectivity index (χ1v) is 26.3. The lowest BCUT2D eigenvalue weighted by Gasteiger charge is -2.18. The van der Waals surface area contributed by atoms with E-state index in [0.717, 1.165) is 109 Å². The van der Waals surface area contributed by atoms with E-state index in [-0.39, 0.29) is 37.5 Å². The minimum atomic E-state index is -0.817. The summed E-state index contributed by atoms with van der Waals surface area (Å²) in [5.74, 6) is -0.997. The fraction of sp³-hybridized carbons (Fsp3) is 0.672. The molecule has 1 unspecified atom stereocenters. The van der Waals surface area contributed by atoms with Gasteiger partial charge in [0.05, 0.1) is 0 Å². The van der Waals surface area contributed by atoms with E-state index in [1.807, 2.05) is 0 Å². The molecule has 0 amide bonds. The van der Waals surface area contributed by atoms with E-state index in [9.17, 15) is 14.4 Å². The smallest absolute Gasteiger partial charge is 0.306 e. The third kappa shape index (κ3) is 49.3. The summed E-state index contributed by atoms with van der Waals surface area (Å²) in [6, 6.07) is 0. The molecule has 1 atom stereocenters. The van der Waals surface area contributed by atoms with Gasteiger partial charge in [-0.3, -0.25) is 14.4 Å². The van der Waals surface area contributed by atoms with Gasteiger partial charge in [0.2, 0.25) is 0 Å². The minimum absolute atomic E-state index is 0.111. The van der Waals surface area contributed by atoms with Gasteiger partial charge >= 0.3 is 17.9 Å². The molecule has 6 nitrogen and oxygen atoms in total. The third-order valence-electron chi connectivity index (χ3n) is 10.8. The molecule has 0 rings (SSSR count). The highest BCUT2D eigenvalue weighted by atomic mass is 16.6. The maximum absolute atomic E-state index is 12.8. The number of hydrogen-bond donors (Lipinski definition) is 0. The Kier molecular flexibility index (Phi) is 49.0. The first-order valence-electron chi connectivity index (χ1n) is 26.3. The minimum Gasteiger partial charge on any atom is -0.462 e. The largest absolute Gasteiger partial charge is 0.462 e. The van der Waals surface area contributed by atoms with Gasteiger partial charge in [-0.25, -0.2) is 0 Å². The van der Waals surface area contributed by atoms with Crippen LogP contribution in [0.4, 0.5) is 0 Å². The van der Waals surface area contributed by atoms with Crippen LogP contribution in [-0.4, -0.2) is 37.2 Å². The Morgan fingerprint density at radius 1 is 0.344 bits per heavy atom. The Balaban J connectivity index is 4.50. The van der Waals surface area contributed by atoms with E-state index < -0.39 is 6.10 Å². The van der Waals surface area contributed by atoms with Crippen molar-refractivity contribution < 1.29 is 28.6 Å². The molecule has 364 valence electrons. The normalized spacial score (nSPS) is 12.9. The average Bonchev–Trinajstić information content (AvgIpc) is 3.29. The molecule has 0 radical (unpaired) electrons. The number of unbranched alkanes of at least 4 members (excludes halogenated alkanes) is 20. The van der Waals surface area contributed by atoms with Crippen molar-refractivity contribution in [1.82, 2.24) is 0 Å². The summed E-state index contributed by atoms with van der Waals surface area (Å²) in [5.41, 5.74) is 0. The van der Waals surface area contributed by atoms with E-state index in [4.69, 9.17) is 14.2 Å². The van der Waals surface area contributed by atoms with Gasteiger partial charge < -0.3 is 14.2 Å². The van der Waals surface area contributed by atoms with E-state index in [0.29, 0.717) is 19.3 Å². The van der Waals surface area contributed by atoms with Crippen LogP contribution in [0.1, 0.15) is 233 Å². The number of rotatable bonds is 46. The number of esters is 3. The molecule has 0 fully saturated rings. The average molecular weight is 889 g/mol. The summed E-state index contributed by atoms with van der Waals surface area (Å²) in [5, 5.41) is 0. The summed E-state index contributed by atoms with van der Waals surface area (Å²) in [7, 11) is 0. The van der Waals surface area contributed by atoms with Crippen LogP contribution in [0.5, 0.6) is 0 Å². The summed E-state index contributed by atoms with van der Waals surface area (Å²) in [6.45, 7) is 6.40. The molecule has 0 saturated carbocycles. The fourth-order valence-corrected chi connectivity index (χ4v) is 6.86. The van der Waals surface area contributed by atoms with E-state index in [2.05, 4.69) is 118 Å². The molecule has 0 aromatic heterocycles. The quantitative estimate of drug-likeness (QED) is 0.0199. The molecule has 0 heterocycles. The van der Waals surface area contributed by atoms with Crippen LogP contribution in [-0.2, 0) is 28.6 Å². The van der Waals surface area contributed by atoms with Crippen LogP contribution >= 0.6 is 0 Å². The molecule has 0 aliphatic heterocycles. The van der Waals surface area contributed by atoms with Crippen molar-refractivity contribution in [2.75, 3.05) is 13.2 Å². The molecule has 0 aromatic rings. The Morgan fingerprint density at radius 2 is 0.688 bits per heavy atom. The molecule has 0 aromatic carbocycles. The van der Waals surface area contributed by atoms with Crippen LogP contribution < -0.4 is 0 Å². The van der Waals surface area contributed by atoms with Gasteiger partial charge in [0.25, 0.3) is 0 Å². The topological polar surface area (TPSA) is 78.9 Å². The lowest BCUT2D eigenvalue weighted by Crippen LogP contribution is -2.30. The Hall–Kier alpha value is -3.67. The van der Waals surface area contributed by atoms with Crippen LogP contribution in [0.2, 0.25) is 0 Å². The van der Waals surface area contributed by atoms with Crippen molar-refractivity contribution in [3.8, 4) is 0 Å². The van der Waals surface area contributed by atoms with Crippen LogP contribution in [0, 0.1) is 0 Å². The first-order chi connectivity index (χ1) is 31.5. The van der Waals surface area contributed by atoms with Crippen molar-refractivity contribution >= 4 is 17.9 Å². The molecule has 64 heavy (non-hydrogen) atoms. The Morgan fingerprint density at radius 3 is 1.16 bits per heavy atom. The molecule has 0 spiro atoms. The first kappa shape index (κ1) is 60.3. The van der Waals surface area contributed by atoms with Gasteiger partial charge in [-0.05, 0) is 103 Å². The predicted molar refractivity (Wildman–Crippen MR) is 274 cm³/mol. The molecule has 0 N–H and O–H groups in total. The second kappa shape index (κ2) is 52.0. The fourth-order valence-electron chi connectivity index (χ4n) is 6.86. The van der Waals surface area contributed by atoms with Crippen molar-refractivity contribution in [1.29, 1.82) is 0 Å². The van der Waals surface area contributed by atoms with Gasteiger partial charge in [-0.15, -0.1) is 0 Å². The lowest BCUT2D eigenvalue weighted by molar-refractivity contribution is -0.167. The zero-order chi connectivity index (χ0) is 46.5. The molecule has 0 bridgehead atoms. The second-order valence-electron chi connectivity index (χ2n) is 17.1.